The number of amides is 2. The summed E-state index contributed by atoms with van der Waals surface area (Å²) < 4.78 is 18.9. The first-order valence-corrected chi connectivity index (χ1v) is 9.60. The zero-order valence-electron chi connectivity index (χ0n) is 16.2. The van der Waals surface area contributed by atoms with E-state index in [4.69, 9.17) is 0 Å². The lowest BCUT2D eigenvalue weighted by molar-refractivity contribution is -0.113. The smallest absolute Gasteiger partial charge is 0.337 e. The number of carbonyl (C=O) groups is 2. The summed E-state index contributed by atoms with van der Waals surface area (Å²) >= 11 is 0. The van der Waals surface area contributed by atoms with Gasteiger partial charge in [-0.2, -0.15) is 0 Å². The van der Waals surface area contributed by atoms with Gasteiger partial charge in [-0.15, -0.1) is 0 Å². The molecule has 0 aromatic heterocycles. The molecule has 146 valence electrons. The monoisotopic (exact) mass is 374 g/mol. The van der Waals surface area contributed by atoms with Crippen LogP contribution in [0.25, 0.3) is 0 Å². The second-order valence-electron chi connectivity index (χ2n) is 9.68. The van der Waals surface area contributed by atoms with Crippen molar-refractivity contribution in [1.82, 2.24) is 5.32 Å². The summed E-state index contributed by atoms with van der Waals surface area (Å²) in [7, 11) is 1.24. The zero-order chi connectivity index (χ0) is 19.4. The van der Waals surface area contributed by atoms with Crippen LogP contribution in [0.15, 0.2) is 18.2 Å². The summed E-state index contributed by atoms with van der Waals surface area (Å²) in [4.78, 5) is 24.1. The lowest BCUT2D eigenvalue weighted by atomic mass is 9.43. The zero-order valence-corrected chi connectivity index (χ0v) is 16.2. The molecule has 0 heterocycles. The molecule has 27 heavy (non-hydrogen) atoms. The maximum Gasteiger partial charge on any atom is 0.337 e. The fraction of sp³-hybridized carbons (Fsp3) is 0.619. The molecule has 6 heteroatoms. The van der Waals surface area contributed by atoms with Crippen LogP contribution in [0.1, 0.15) is 62.7 Å². The maximum atomic E-state index is 14.3. The third-order valence-corrected chi connectivity index (χ3v) is 6.64. The second-order valence-corrected chi connectivity index (χ2v) is 9.68. The minimum absolute atomic E-state index is 0.0577. The summed E-state index contributed by atoms with van der Waals surface area (Å²) in [6.45, 7) is 4.69. The number of rotatable bonds is 3. The van der Waals surface area contributed by atoms with Gasteiger partial charge >= 0.3 is 12.0 Å². The molecule has 2 N–H and O–H groups in total. The molecule has 2 amide bonds. The Kier molecular flexibility index (Phi) is 4.02. The number of hydrogen-bond acceptors (Lipinski definition) is 3. The van der Waals surface area contributed by atoms with Crippen LogP contribution < -0.4 is 10.6 Å². The molecule has 5 nitrogen and oxygen atoms in total. The highest BCUT2D eigenvalue weighted by molar-refractivity contribution is 5.92. The van der Waals surface area contributed by atoms with Crippen LogP contribution in [0.3, 0.4) is 0 Å². The molecule has 0 radical (unpaired) electrons. The highest BCUT2D eigenvalue weighted by atomic mass is 19.1. The third-order valence-electron chi connectivity index (χ3n) is 6.64. The molecule has 4 aliphatic carbocycles. The normalized spacial score (nSPS) is 36.4. The van der Waals surface area contributed by atoms with Crippen molar-refractivity contribution < 1.29 is 18.7 Å². The van der Waals surface area contributed by atoms with Gasteiger partial charge in [0.25, 0.3) is 0 Å². The number of halogens is 1. The molecule has 4 aliphatic rings. The molecular formula is C21H27FN2O3. The van der Waals surface area contributed by atoms with E-state index in [1.807, 2.05) is 0 Å². The molecule has 0 aliphatic heterocycles. The standard InChI is InChI=1S/C21H27FN2O3/c1-19-7-13-8-20(2,10-19)12-21(9-13,11-19)24-18(26)23-16-5-4-14(6-15(16)22)17(25)27-3/h4-6,13H,7-12H2,1-3H3,(H2,23,24,26). The molecule has 2 atom stereocenters. The van der Waals surface area contributed by atoms with Crippen LogP contribution >= 0.6 is 0 Å². The van der Waals surface area contributed by atoms with E-state index in [1.165, 1.54) is 38.5 Å². The fourth-order valence-corrected chi connectivity index (χ4v) is 6.84. The highest BCUT2D eigenvalue weighted by Gasteiger charge is 2.60. The lowest BCUT2D eigenvalue weighted by Crippen LogP contribution is -2.65. The molecule has 2 unspecified atom stereocenters. The minimum Gasteiger partial charge on any atom is -0.465 e. The summed E-state index contributed by atoms with van der Waals surface area (Å²) in [5.41, 5.74) is 0.546. The van der Waals surface area contributed by atoms with E-state index in [0.717, 1.165) is 25.3 Å². The van der Waals surface area contributed by atoms with Gasteiger partial charge in [-0.25, -0.2) is 14.0 Å². The molecule has 4 saturated carbocycles. The topological polar surface area (TPSA) is 67.4 Å². The Labute approximate surface area is 159 Å². The molecular weight excluding hydrogens is 347 g/mol. The van der Waals surface area contributed by atoms with Gasteiger partial charge in [-0.3, -0.25) is 0 Å². The average molecular weight is 374 g/mol. The molecule has 1 aromatic rings. The van der Waals surface area contributed by atoms with Gasteiger partial charge in [-0.1, -0.05) is 13.8 Å². The predicted molar refractivity (Wildman–Crippen MR) is 100 cm³/mol. The number of ether oxygens (including phenoxy) is 1. The lowest BCUT2D eigenvalue weighted by Gasteiger charge is -2.65. The maximum absolute atomic E-state index is 14.3. The Hall–Kier alpha value is -2.11. The van der Waals surface area contributed by atoms with E-state index >= 15 is 0 Å². The first-order valence-electron chi connectivity index (χ1n) is 9.60. The van der Waals surface area contributed by atoms with Crippen molar-refractivity contribution in [2.75, 3.05) is 12.4 Å². The Bertz CT molecular complexity index is 791. The van der Waals surface area contributed by atoms with Crippen LogP contribution in [0.4, 0.5) is 14.9 Å². The van der Waals surface area contributed by atoms with Crippen LogP contribution in [-0.2, 0) is 4.74 Å². The largest absolute Gasteiger partial charge is 0.465 e. The predicted octanol–water partition coefficient (Wildman–Crippen LogP) is 4.48. The van der Waals surface area contributed by atoms with Crippen LogP contribution in [0, 0.1) is 22.6 Å². The molecule has 0 spiro atoms. The number of hydrogen-bond donors (Lipinski definition) is 2. The van der Waals surface area contributed by atoms with Gasteiger partial charge in [0, 0.05) is 5.54 Å². The summed E-state index contributed by atoms with van der Waals surface area (Å²) in [5, 5.41) is 5.81. The Morgan fingerprint density at radius 1 is 1.11 bits per heavy atom. The number of anilines is 1. The van der Waals surface area contributed by atoms with E-state index < -0.39 is 11.8 Å². The molecule has 0 saturated heterocycles. The average Bonchev–Trinajstić information content (AvgIpc) is 2.52. The van der Waals surface area contributed by atoms with Crippen molar-refractivity contribution in [3.63, 3.8) is 0 Å². The minimum atomic E-state index is -0.655. The van der Waals surface area contributed by atoms with E-state index in [2.05, 4.69) is 29.2 Å². The summed E-state index contributed by atoms with van der Waals surface area (Å²) in [6.07, 6.45) is 6.71. The van der Waals surface area contributed by atoms with Gasteiger partial charge in [0.1, 0.15) is 5.82 Å². The molecule has 5 rings (SSSR count). The van der Waals surface area contributed by atoms with Crippen molar-refractivity contribution in [2.45, 2.75) is 57.9 Å². The van der Waals surface area contributed by atoms with Crippen LogP contribution in [0.2, 0.25) is 0 Å². The van der Waals surface area contributed by atoms with Gasteiger partial charge in [0.15, 0.2) is 0 Å². The van der Waals surface area contributed by atoms with Gasteiger partial charge in [0.2, 0.25) is 0 Å². The second kappa shape index (κ2) is 5.94. The van der Waals surface area contributed by atoms with E-state index in [9.17, 15) is 14.0 Å². The van der Waals surface area contributed by atoms with E-state index in [1.54, 1.807) is 0 Å². The third kappa shape index (κ3) is 3.30. The SMILES string of the molecule is COC(=O)c1ccc(NC(=O)NC23CC4CC(C)(CC(C)(C4)C2)C3)c(F)c1. The summed E-state index contributed by atoms with van der Waals surface area (Å²) in [5.74, 6) is -0.606. The molecule has 4 fully saturated rings. The Morgan fingerprint density at radius 2 is 1.78 bits per heavy atom. The van der Waals surface area contributed by atoms with Gasteiger partial charge in [-0.05, 0) is 73.5 Å². The fourth-order valence-electron chi connectivity index (χ4n) is 6.84. The number of carbonyl (C=O) groups excluding carboxylic acids is 2. The van der Waals surface area contributed by atoms with Crippen LogP contribution in [0.5, 0.6) is 0 Å². The van der Waals surface area contributed by atoms with Gasteiger partial charge in [0.05, 0.1) is 18.4 Å². The number of nitrogens with one attached hydrogen (secondary N) is 2. The van der Waals surface area contributed by atoms with Crippen molar-refractivity contribution in [3.05, 3.63) is 29.6 Å². The quantitative estimate of drug-likeness (QED) is 0.767. The number of urea groups is 1. The Morgan fingerprint density at radius 3 is 2.33 bits per heavy atom. The van der Waals surface area contributed by atoms with Crippen molar-refractivity contribution >= 4 is 17.7 Å². The molecule has 4 bridgehead atoms. The Balaban J connectivity index is 1.48. The van der Waals surface area contributed by atoms with E-state index in [0.29, 0.717) is 5.92 Å². The number of esters is 1. The first-order chi connectivity index (χ1) is 12.6. The van der Waals surface area contributed by atoms with Crippen molar-refractivity contribution in [2.24, 2.45) is 16.7 Å². The first kappa shape index (κ1) is 18.3. The van der Waals surface area contributed by atoms with Crippen molar-refractivity contribution in [1.29, 1.82) is 0 Å². The van der Waals surface area contributed by atoms with Gasteiger partial charge < -0.3 is 15.4 Å². The number of benzene rings is 1. The summed E-state index contributed by atoms with van der Waals surface area (Å²) in [6, 6.07) is 3.53. The highest BCUT2D eigenvalue weighted by Crippen LogP contribution is 2.66. The van der Waals surface area contributed by atoms with E-state index in [-0.39, 0.29) is 33.7 Å². The van der Waals surface area contributed by atoms with Crippen molar-refractivity contribution in [3.8, 4) is 0 Å². The molecule has 1 aromatic carbocycles. The van der Waals surface area contributed by atoms with Crippen LogP contribution in [-0.4, -0.2) is 24.6 Å². The number of methoxy groups -OCH3 is 1.